The number of nitrogens with two attached hydrogens (primary N) is 1. The zero-order valence-electron chi connectivity index (χ0n) is 5.36. The Morgan fingerprint density at radius 1 is 1.44 bits per heavy atom. The fraction of sp³-hybridized carbons (Fsp3) is 1.00. The third-order valence-corrected chi connectivity index (χ3v) is 1.14. The highest BCUT2D eigenvalue weighted by Gasteiger charge is 2.18. The first kappa shape index (κ1) is 8.84. The Bertz CT molecular complexity index is 76.6. The molecule has 0 aliphatic rings. The molecule has 56 valence electrons. The fourth-order valence-corrected chi connectivity index (χ4v) is 0.466. The second-order valence-corrected chi connectivity index (χ2v) is 2.08. The third kappa shape index (κ3) is 2.76. The average Bonchev–Trinajstić information content (AvgIpc) is 1.84. The van der Waals surface area contributed by atoms with E-state index in [1.54, 1.807) is 0 Å². The molecule has 0 aromatic rings. The monoisotopic (exact) mass is 135 g/mol. The number of rotatable bonds is 3. The molecule has 3 unspecified atom stereocenters. The second-order valence-electron chi connectivity index (χ2n) is 2.08. The van der Waals surface area contributed by atoms with E-state index in [4.69, 9.17) is 21.1 Å². The first-order chi connectivity index (χ1) is 4.09. The van der Waals surface area contributed by atoms with Gasteiger partial charge in [0.25, 0.3) is 0 Å². The van der Waals surface area contributed by atoms with Gasteiger partial charge in [-0.05, 0) is 6.92 Å². The van der Waals surface area contributed by atoms with Gasteiger partial charge < -0.3 is 21.1 Å². The lowest BCUT2D eigenvalue weighted by Crippen LogP contribution is -2.44. The number of aliphatic hydroxyl groups excluding tert-OH is 3. The Balaban J connectivity index is 3.58. The highest BCUT2D eigenvalue weighted by atomic mass is 16.3. The van der Waals surface area contributed by atoms with Gasteiger partial charge in [0.05, 0.1) is 24.9 Å². The van der Waals surface area contributed by atoms with Crippen molar-refractivity contribution >= 4 is 0 Å². The molecule has 0 aromatic carbocycles. The van der Waals surface area contributed by atoms with Crippen molar-refractivity contribution in [3.63, 3.8) is 0 Å². The van der Waals surface area contributed by atoms with E-state index in [0.29, 0.717) is 0 Å². The van der Waals surface area contributed by atoms with E-state index >= 15 is 0 Å². The summed E-state index contributed by atoms with van der Waals surface area (Å²) in [5, 5.41) is 25.9. The molecule has 0 rings (SSSR count). The molecule has 3 atom stereocenters. The molecule has 9 heavy (non-hydrogen) atoms. The van der Waals surface area contributed by atoms with Crippen LogP contribution in [0.2, 0.25) is 0 Å². The lowest BCUT2D eigenvalue weighted by molar-refractivity contribution is 0.00296. The Labute approximate surface area is 53.9 Å². The van der Waals surface area contributed by atoms with Crippen molar-refractivity contribution in [1.82, 2.24) is 0 Å². The molecule has 0 bridgehead atoms. The summed E-state index contributed by atoms with van der Waals surface area (Å²) >= 11 is 0. The van der Waals surface area contributed by atoms with Gasteiger partial charge in [0.1, 0.15) is 0 Å². The Morgan fingerprint density at radius 3 is 2.00 bits per heavy atom. The second kappa shape index (κ2) is 3.79. The first-order valence-electron chi connectivity index (χ1n) is 2.82. The average molecular weight is 135 g/mol. The molecule has 0 fully saturated rings. The predicted octanol–water partition coefficient (Wildman–Crippen LogP) is -1.95. The van der Waals surface area contributed by atoms with E-state index in [9.17, 15) is 0 Å². The normalized spacial score (nSPS) is 21.0. The minimum atomic E-state index is -1.03. The van der Waals surface area contributed by atoms with E-state index in [-0.39, 0.29) is 6.61 Å². The van der Waals surface area contributed by atoms with Crippen molar-refractivity contribution in [3.8, 4) is 0 Å². The van der Waals surface area contributed by atoms with Crippen LogP contribution in [-0.4, -0.2) is 40.2 Å². The van der Waals surface area contributed by atoms with Crippen LogP contribution in [-0.2, 0) is 0 Å². The lowest BCUT2D eigenvalue weighted by Gasteiger charge is -2.18. The van der Waals surface area contributed by atoms with Crippen LogP contribution in [0.3, 0.4) is 0 Å². The standard InChI is InChI=1S/C5H13NO3/c1-3(8)5(9)4(6)2-7/h3-5,7-9H,2,6H2,1H3. The zero-order valence-corrected chi connectivity index (χ0v) is 5.36. The first-order valence-corrected chi connectivity index (χ1v) is 2.82. The molecule has 0 aliphatic heterocycles. The van der Waals surface area contributed by atoms with Gasteiger partial charge in [-0.3, -0.25) is 0 Å². The topological polar surface area (TPSA) is 86.7 Å². The van der Waals surface area contributed by atoms with Crippen molar-refractivity contribution in [2.24, 2.45) is 5.73 Å². The lowest BCUT2D eigenvalue weighted by atomic mass is 10.1. The van der Waals surface area contributed by atoms with E-state index in [0.717, 1.165) is 0 Å². The van der Waals surface area contributed by atoms with Gasteiger partial charge in [0, 0.05) is 0 Å². The number of hydrogen-bond donors (Lipinski definition) is 4. The summed E-state index contributed by atoms with van der Waals surface area (Å²) in [4.78, 5) is 0. The number of hydrogen-bond acceptors (Lipinski definition) is 4. The molecule has 5 N–H and O–H groups in total. The van der Waals surface area contributed by atoms with Crippen LogP contribution in [0.4, 0.5) is 0 Å². The van der Waals surface area contributed by atoms with Gasteiger partial charge in [-0.2, -0.15) is 0 Å². The summed E-state index contributed by atoms with van der Waals surface area (Å²) in [7, 11) is 0. The van der Waals surface area contributed by atoms with Crippen LogP contribution in [0.5, 0.6) is 0 Å². The van der Waals surface area contributed by atoms with Crippen molar-refractivity contribution in [2.75, 3.05) is 6.61 Å². The van der Waals surface area contributed by atoms with E-state index in [1.165, 1.54) is 6.92 Å². The van der Waals surface area contributed by atoms with Crippen molar-refractivity contribution in [3.05, 3.63) is 0 Å². The van der Waals surface area contributed by atoms with E-state index < -0.39 is 18.2 Å². The van der Waals surface area contributed by atoms with Gasteiger partial charge in [0.15, 0.2) is 0 Å². The van der Waals surface area contributed by atoms with Crippen molar-refractivity contribution in [2.45, 2.75) is 25.2 Å². The van der Waals surface area contributed by atoms with Crippen molar-refractivity contribution in [1.29, 1.82) is 0 Å². The predicted molar refractivity (Wildman–Crippen MR) is 32.7 cm³/mol. The minimum Gasteiger partial charge on any atom is -0.395 e. The Morgan fingerprint density at radius 2 is 1.89 bits per heavy atom. The number of aliphatic hydroxyl groups is 3. The highest BCUT2D eigenvalue weighted by Crippen LogP contribution is 1.94. The fourth-order valence-electron chi connectivity index (χ4n) is 0.466. The smallest absolute Gasteiger partial charge is 0.0969 e. The quantitative estimate of drug-likeness (QED) is 0.362. The van der Waals surface area contributed by atoms with Crippen molar-refractivity contribution < 1.29 is 15.3 Å². The SMILES string of the molecule is CC(O)C(O)C(N)CO. The molecule has 0 radical (unpaired) electrons. The van der Waals surface area contributed by atoms with Crippen LogP contribution in [0, 0.1) is 0 Å². The molecular weight excluding hydrogens is 122 g/mol. The van der Waals surface area contributed by atoms with Crippen LogP contribution in [0.1, 0.15) is 6.92 Å². The summed E-state index contributed by atoms with van der Waals surface area (Å²) < 4.78 is 0. The molecule has 0 aromatic heterocycles. The highest BCUT2D eigenvalue weighted by molar-refractivity contribution is 4.74. The molecule has 0 spiro atoms. The summed E-state index contributed by atoms with van der Waals surface area (Å²) in [6.07, 6.45) is -1.91. The van der Waals surface area contributed by atoms with E-state index in [2.05, 4.69) is 0 Å². The molecule has 0 saturated carbocycles. The summed E-state index contributed by atoms with van der Waals surface area (Å²) in [6, 6.07) is -0.745. The van der Waals surface area contributed by atoms with Gasteiger partial charge in [-0.1, -0.05) is 0 Å². The molecule has 0 heterocycles. The van der Waals surface area contributed by atoms with Gasteiger partial charge in [-0.25, -0.2) is 0 Å². The zero-order chi connectivity index (χ0) is 7.44. The third-order valence-electron chi connectivity index (χ3n) is 1.14. The van der Waals surface area contributed by atoms with Crippen LogP contribution >= 0.6 is 0 Å². The molecular formula is C5H13NO3. The van der Waals surface area contributed by atoms with Crippen LogP contribution < -0.4 is 5.73 Å². The Kier molecular flexibility index (Phi) is 3.72. The summed E-state index contributed by atoms with van der Waals surface area (Å²) in [6.45, 7) is 1.10. The maximum absolute atomic E-state index is 8.86. The summed E-state index contributed by atoms with van der Waals surface area (Å²) in [5.74, 6) is 0. The molecule has 4 heteroatoms. The van der Waals surface area contributed by atoms with Crippen LogP contribution in [0.15, 0.2) is 0 Å². The van der Waals surface area contributed by atoms with Crippen LogP contribution in [0.25, 0.3) is 0 Å². The maximum atomic E-state index is 8.86. The van der Waals surface area contributed by atoms with Gasteiger partial charge in [0.2, 0.25) is 0 Å². The Hall–Kier alpha value is -0.160. The largest absolute Gasteiger partial charge is 0.395 e. The molecule has 0 amide bonds. The molecule has 4 nitrogen and oxygen atoms in total. The molecule has 0 saturated heterocycles. The minimum absolute atomic E-state index is 0.313. The molecule has 0 aliphatic carbocycles. The maximum Gasteiger partial charge on any atom is 0.0969 e. The van der Waals surface area contributed by atoms with Gasteiger partial charge in [-0.15, -0.1) is 0 Å². The summed E-state index contributed by atoms with van der Waals surface area (Å²) in [5.41, 5.74) is 5.16. The van der Waals surface area contributed by atoms with E-state index in [1.807, 2.05) is 0 Å². The van der Waals surface area contributed by atoms with Gasteiger partial charge >= 0.3 is 0 Å².